The zero-order valence-electron chi connectivity index (χ0n) is 12.1. The number of hydrogen-bond acceptors (Lipinski definition) is 5. The molecule has 0 spiro atoms. The number of nitrogens with one attached hydrogen (secondary N) is 1. The van der Waals surface area contributed by atoms with Crippen LogP contribution in [-0.2, 0) is 9.59 Å². The second kappa shape index (κ2) is 8.50. The fourth-order valence-electron chi connectivity index (χ4n) is 1.46. The van der Waals surface area contributed by atoms with E-state index in [9.17, 15) is 14.7 Å². The lowest BCUT2D eigenvalue weighted by atomic mass is 10.1. The molecular weight excluding hydrogens is 322 g/mol. The highest BCUT2D eigenvalue weighted by Crippen LogP contribution is 2.06. The van der Waals surface area contributed by atoms with Gasteiger partial charge in [-0.05, 0) is 30.2 Å². The maximum atomic E-state index is 11.2. The molecule has 0 aliphatic heterocycles. The van der Waals surface area contributed by atoms with E-state index in [1.165, 1.54) is 12.1 Å². The summed E-state index contributed by atoms with van der Waals surface area (Å²) in [5, 5.41) is 20.0. The number of H-pyrrole nitrogens is 1. The summed E-state index contributed by atoms with van der Waals surface area (Å²) in [5.41, 5.74) is 6.42. The summed E-state index contributed by atoms with van der Waals surface area (Å²) in [6, 6.07) is 9.70. The Hall–Kier alpha value is -2.93. The van der Waals surface area contributed by atoms with Gasteiger partial charge in [0.05, 0.1) is 0 Å². The fraction of sp³-hybridized carbons (Fsp3) is 0.0667. The van der Waals surface area contributed by atoms with Crippen molar-refractivity contribution in [1.29, 1.82) is 0 Å². The lowest BCUT2D eigenvalue weighted by molar-refractivity contribution is -0.361. The minimum atomic E-state index is -1.63. The Morgan fingerprint density at radius 3 is 2.43 bits per heavy atom. The molecule has 0 amide bonds. The Balaban J connectivity index is 0.000000253. The Kier molecular flexibility index (Phi) is 6.69. The molecule has 0 saturated heterocycles. The van der Waals surface area contributed by atoms with Crippen LogP contribution < -0.4 is 15.8 Å². The first-order valence-electron chi connectivity index (χ1n) is 6.33. The molecule has 1 aromatic carbocycles. The highest BCUT2D eigenvalue weighted by atomic mass is 35.5. The number of anilines is 1. The minimum absolute atomic E-state index is 0.294. The van der Waals surface area contributed by atoms with Crippen LogP contribution in [0.2, 0.25) is 5.15 Å². The van der Waals surface area contributed by atoms with E-state index in [1.54, 1.807) is 24.3 Å². The van der Waals surface area contributed by atoms with Crippen molar-refractivity contribution < 1.29 is 24.8 Å². The van der Waals surface area contributed by atoms with Crippen molar-refractivity contribution in [3.8, 4) is 0 Å². The van der Waals surface area contributed by atoms with Crippen LogP contribution in [0, 0.1) is 6.92 Å². The number of nitrogens with two attached hydrogens (primary N) is 1. The third-order valence-electron chi connectivity index (χ3n) is 2.41. The fourth-order valence-corrected chi connectivity index (χ4v) is 1.71. The number of nitrogens with zero attached hydrogens (tertiary/aromatic N) is 1. The van der Waals surface area contributed by atoms with Gasteiger partial charge in [-0.15, -0.1) is 0 Å². The van der Waals surface area contributed by atoms with Crippen LogP contribution in [0.15, 0.2) is 42.5 Å². The smallest absolute Gasteiger partial charge is 0.388 e. The van der Waals surface area contributed by atoms with Crippen LogP contribution in [0.4, 0.5) is 5.95 Å². The lowest BCUT2D eigenvalue weighted by Crippen LogP contribution is -2.13. The number of rotatable bonds is 3. The minimum Gasteiger partial charge on any atom is -0.872 e. The van der Waals surface area contributed by atoms with Gasteiger partial charge in [-0.2, -0.15) is 0 Å². The third-order valence-corrected chi connectivity index (χ3v) is 2.61. The molecule has 0 saturated carbocycles. The number of aromatic amines is 1. The summed E-state index contributed by atoms with van der Waals surface area (Å²) in [5.74, 6) is -3.09. The van der Waals surface area contributed by atoms with Crippen LogP contribution in [0.3, 0.4) is 0 Å². The van der Waals surface area contributed by atoms with Gasteiger partial charge in [-0.25, -0.2) is 9.78 Å². The molecule has 0 atom stereocenters. The van der Waals surface area contributed by atoms with E-state index < -0.39 is 17.5 Å². The van der Waals surface area contributed by atoms with Gasteiger partial charge in [0, 0.05) is 6.07 Å². The Bertz CT molecular complexity index is 682. The standard InChI is InChI=1S/C10H8O4.C5H6ClN3/c11-8(6-9(12)10(13)14)7-4-2-1-3-5-7;1-3-2-4(6)9-5(7)8-3/h1-6,11H,(H,13,14);2H,1H3,(H2,7,8,9)/b8-6-;. The SMILES string of the molecule is Cc1cc(Cl)[nH+]c(N)n1.O=C(O)C(=O)/C=C(\[O-])c1ccccc1. The summed E-state index contributed by atoms with van der Waals surface area (Å²) >= 11 is 5.57. The largest absolute Gasteiger partial charge is 0.872 e. The van der Waals surface area contributed by atoms with Crippen LogP contribution in [0.5, 0.6) is 0 Å². The van der Waals surface area contributed by atoms with Crippen molar-refractivity contribution in [2.45, 2.75) is 6.92 Å². The maximum absolute atomic E-state index is 11.2. The van der Waals surface area contributed by atoms with Gasteiger partial charge >= 0.3 is 11.9 Å². The number of benzene rings is 1. The van der Waals surface area contributed by atoms with Gasteiger partial charge in [0.25, 0.3) is 5.78 Å². The summed E-state index contributed by atoms with van der Waals surface area (Å²) < 4.78 is 0. The molecule has 0 bridgehead atoms. The first-order chi connectivity index (χ1) is 10.8. The van der Waals surface area contributed by atoms with Crippen molar-refractivity contribution in [3.63, 3.8) is 0 Å². The van der Waals surface area contributed by atoms with E-state index in [4.69, 9.17) is 22.4 Å². The molecule has 8 heteroatoms. The van der Waals surface area contributed by atoms with Gasteiger partial charge < -0.3 is 10.2 Å². The highest BCUT2D eigenvalue weighted by Gasteiger charge is 2.06. The Morgan fingerprint density at radius 2 is 1.96 bits per heavy atom. The number of carboxylic acids is 1. The summed E-state index contributed by atoms with van der Waals surface area (Å²) in [4.78, 5) is 27.3. The van der Waals surface area contributed by atoms with Gasteiger partial charge in [0.1, 0.15) is 5.69 Å². The number of aliphatic carboxylic acids is 1. The molecule has 4 N–H and O–H groups in total. The highest BCUT2D eigenvalue weighted by molar-refractivity contribution is 6.38. The number of carbonyl (C=O) groups is 2. The lowest BCUT2D eigenvalue weighted by Gasteiger charge is -2.10. The average Bonchev–Trinajstić information content (AvgIpc) is 2.47. The molecule has 1 aromatic heterocycles. The Morgan fingerprint density at radius 1 is 1.35 bits per heavy atom. The van der Waals surface area contributed by atoms with Gasteiger partial charge in [0.2, 0.25) is 0 Å². The molecule has 2 aromatic rings. The van der Waals surface area contributed by atoms with Crippen LogP contribution in [0.1, 0.15) is 11.3 Å². The zero-order chi connectivity index (χ0) is 17.4. The van der Waals surface area contributed by atoms with Crippen LogP contribution in [-0.4, -0.2) is 21.8 Å². The molecule has 0 aliphatic carbocycles. The molecule has 23 heavy (non-hydrogen) atoms. The van der Waals surface area contributed by atoms with E-state index in [1.807, 2.05) is 6.92 Å². The van der Waals surface area contributed by atoms with E-state index in [0.29, 0.717) is 22.7 Å². The van der Waals surface area contributed by atoms with Crippen molar-refractivity contribution in [3.05, 3.63) is 58.9 Å². The molecule has 7 nitrogen and oxygen atoms in total. The molecule has 0 radical (unpaired) electrons. The van der Waals surface area contributed by atoms with Crippen LogP contribution >= 0.6 is 11.6 Å². The van der Waals surface area contributed by atoms with Crippen molar-refractivity contribution >= 4 is 35.1 Å². The third kappa shape index (κ3) is 6.58. The molecule has 0 fully saturated rings. The molecule has 2 rings (SSSR count). The molecule has 0 aliphatic rings. The van der Waals surface area contributed by atoms with Gasteiger partial charge in [-0.3, -0.25) is 10.5 Å². The number of carboxylic acid groups (broad SMARTS) is 1. The molecule has 120 valence electrons. The number of halogens is 1. The average molecular weight is 336 g/mol. The topological polar surface area (TPSA) is 130 Å². The van der Waals surface area contributed by atoms with Crippen molar-refractivity contribution in [1.82, 2.24) is 4.98 Å². The maximum Gasteiger partial charge on any atom is 0.388 e. The predicted octanol–water partition coefficient (Wildman–Crippen LogP) is 0.481. The van der Waals surface area contributed by atoms with Gasteiger partial charge in [-0.1, -0.05) is 41.1 Å². The molecule has 1 heterocycles. The first-order valence-corrected chi connectivity index (χ1v) is 6.70. The number of hydrogen-bond donors (Lipinski definition) is 2. The summed E-state index contributed by atoms with van der Waals surface area (Å²) in [6.45, 7) is 1.83. The van der Waals surface area contributed by atoms with Crippen molar-refractivity contribution in [2.24, 2.45) is 0 Å². The Labute approximate surface area is 137 Å². The first kappa shape index (κ1) is 18.1. The number of nitrogen functional groups attached to an aromatic ring is 1. The van der Waals surface area contributed by atoms with E-state index in [-0.39, 0.29) is 0 Å². The monoisotopic (exact) mass is 335 g/mol. The number of carbonyl (C=O) groups excluding carboxylic acids is 1. The second-order valence-electron chi connectivity index (χ2n) is 4.30. The number of ketones is 1. The quantitative estimate of drug-likeness (QED) is 0.363. The van der Waals surface area contributed by atoms with E-state index in [2.05, 4.69) is 9.97 Å². The van der Waals surface area contributed by atoms with Crippen molar-refractivity contribution in [2.75, 3.05) is 5.73 Å². The molecular formula is C15H14ClN3O4. The summed E-state index contributed by atoms with van der Waals surface area (Å²) in [7, 11) is 0. The van der Waals surface area contributed by atoms with Gasteiger partial charge in [0.15, 0.2) is 5.15 Å². The van der Waals surface area contributed by atoms with E-state index in [0.717, 1.165) is 5.69 Å². The second-order valence-corrected chi connectivity index (χ2v) is 4.71. The van der Waals surface area contributed by atoms with Crippen LogP contribution in [0.25, 0.3) is 5.76 Å². The normalized spacial score (nSPS) is 10.4. The number of aromatic nitrogens is 2. The summed E-state index contributed by atoms with van der Waals surface area (Å²) in [6.07, 6.45) is 0.567. The zero-order valence-corrected chi connectivity index (χ0v) is 12.9. The van der Waals surface area contributed by atoms with E-state index >= 15 is 0 Å². The number of aryl methyl sites for hydroxylation is 1. The predicted molar refractivity (Wildman–Crippen MR) is 82.0 cm³/mol. The molecule has 0 unspecified atom stereocenters.